The van der Waals surface area contributed by atoms with E-state index in [1.165, 1.54) is 11.1 Å². The molecule has 1 atom stereocenters. The highest BCUT2D eigenvalue weighted by molar-refractivity contribution is 5.76. The first-order valence-corrected chi connectivity index (χ1v) is 9.41. The lowest BCUT2D eigenvalue weighted by atomic mass is 9.86. The lowest BCUT2D eigenvalue weighted by Gasteiger charge is -2.19. The van der Waals surface area contributed by atoms with Crippen LogP contribution in [-0.4, -0.2) is 12.5 Å². The highest BCUT2D eigenvalue weighted by Gasteiger charge is 2.13. The van der Waals surface area contributed by atoms with Crippen LogP contribution in [0.15, 0.2) is 48.5 Å². The molecule has 0 spiro atoms. The Morgan fingerprint density at radius 2 is 1.65 bits per heavy atom. The van der Waals surface area contributed by atoms with Crippen molar-refractivity contribution in [3.8, 4) is 5.75 Å². The van der Waals surface area contributed by atoms with Crippen LogP contribution >= 0.6 is 0 Å². The Bertz CT molecular complexity index is 696. The Balaban J connectivity index is 1.84. The fraction of sp³-hybridized carbons (Fsp3) is 0.435. The predicted molar refractivity (Wildman–Crippen MR) is 108 cm³/mol. The predicted octanol–water partition coefficient (Wildman–Crippen LogP) is 5.19. The molecular formula is C23H31NO2. The molecule has 0 heterocycles. The monoisotopic (exact) mass is 353 g/mol. The summed E-state index contributed by atoms with van der Waals surface area (Å²) in [4.78, 5) is 12.3. The molecule has 0 aliphatic heterocycles. The van der Waals surface area contributed by atoms with E-state index in [1.54, 1.807) is 0 Å². The molecule has 0 bridgehead atoms. The molecule has 0 unspecified atom stereocenters. The molecule has 0 saturated heterocycles. The van der Waals surface area contributed by atoms with Gasteiger partial charge in [-0.3, -0.25) is 4.79 Å². The van der Waals surface area contributed by atoms with E-state index in [2.05, 4.69) is 50.4 Å². The van der Waals surface area contributed by atoms with Crippen LogP contribution in [0.4, 0.5) is 0 Å². The summed E-state index contributed by atoms with van der Waals surface area (Å²) in [5.41, 5.74) is 3.75. The van der Waals surface area contributed by atoms with Gasteiger partial charge in [-0.05, 0) is 54.5 Å². The van der Waals surface area contributed by atoms with Gasteiger partial charge < -0.3 is 10.1 Å². The molecule has 140 valence electrons. The first-order chi connectivity index (χ1) is 12.3. The van der Waals surface area contributed by atoms with Gasteiger partial charge in [0, 0.05) is 6.42 Å². The van der Waals surface area contributed by atoms with Gasteiger partial charge in [0.05, 0.1) is 12.6 Å². The lowest BCUT2D eigenvalue weighted by molar-refractivity contribution is -0.121. The van der Waals surface area contributed by atoms with Gasteiger partial charge in [-0.2, -0.15) is 0 Å². The molecule has 3 nitrogen and oxygen atoms in total. The van der Waals surface area contributed by atoms with Gasteiger partial charge in [0.15, 0.2) is 0 Å². The fourth-order valence-corrected chi connectivity index (χ4v) is 2.85. The maximum absolute atomic E-state index is 12.3. The topological polar surface area (TPSA) is 38.3 Å². The Hall–Kier alpha value is -2.29. The molecule has 1 N–H and O–H groups in total. The van der Waals surface area contributed by atoms with E-state index < -0.39 is 0 Å². The van der Waals surface area contributed by atoms with Gasteiger partial charge in [0.2, 0.25) is 5.91 Å². The number of aryl methyl sites for hydroxylation is 1. The van der Waals surface area contributed by atoms with Crippen molar-refractivity contribution in [1.82, 2.24) is 5.32 Å². The van der Waals surface area contributed by atoms with Crippen LogP contribution in [-0.2, 0) is 16.6 Å². The zero-order valence-electron chi connectivity index (χ0n) is 16.6. The van der Waals surface area contributed by atoms with Crippen LogP contribution in [0, 0.1) is 0 Å². The van der Waals surface area contributed by atoms with Crippen molar-refractivity contribution in [2.45, 2.75) is 58.9 Å². The van der Waals surface area contributed by atoms with Crippen molar-refractivity contribution in [3.63, 3.8) is 0 Å². The van der Waals surface area contributed by atoms with E-state index in [0.717, 1.165) is 17.7 Å². The van der Waals surface area contributed by atoms with Crippen LogP contribution in [0.25, 0.3) is 0 Å². The Morgan fingerprint density at radius 3 is 2.19 bits per heavy atom. The minimum Gasteiger partial charge on any atom is -0.494 e. The number of carbonyl (C=O) groups excluding carboxylic acids is 1. The summed E-state index contributed by atoms with van der Waals surface area (Å²) in [6.45, 7) is 11.2. The number of nitrogens with one attached hydrogen (secondary N) is 1. The van der Waals surface area contributed by atoms with Crippen molar-refractivity contribution in [2.24, 2.45) is 0 Å². The summed E-state index contributed by atoms with van der Waals surface area (Å²) in [5.74, 6) is 0.930. The van der Waals surface area contributed by atoms with Crippen LogP contribution < -0.4 is 10.1 Å². The van der Waals surface area contributed by atoms with Gasteiger partial charge in [0.1, 0.15) is 5.75 Å². The second kappa shape index (κ2) is 8.88. The summed E-state index contributed by atoms with van der Waals surface area (Å²) in [7, 11) is 0. The Kier molecular flexibility index (Phi) is 6.84. The SMILES string of the molecule is CCOc1ccc([C@H](C)NC(=O)CCc2ccc(C(C)(C)C)cc2)cc1. The summed E-state index contributed by atoms with van der Waals surface area (Å²) >= 11 is 0. The normalized spacial score (nSPS) is 12.5. The Morgan fingerprint density at radius 1 is 1.04 bits per heavy atom. The van der Waals surface area contributed by atoms with Crippen molar-refractivity contribution < 1.29 is 9.53 Å². The standard InChI is InChI=1S/C23H31NO2/c1-6-26-21-14-10-19(11-15-21)17(2)24-22(25)16-9-18-7-12-20(13-8-18)23(3,4)5/h7-8,10-15,17H,6,9,16H2,1-5H3,(H,24,25)/t17-/m0/s1. The third-order valence-corrected chi connectivity index (χ3v) is 4.53. The first-order valence-electron chi connectivity index (χ1n) is 9.41. The average molecular weight is 354 g/mol. The molecule has 0 fully saturated rings. The largest absolute Gasteiger partial charge is 0.494 e. The number of hydrogen-bond acceptors (Lipinski definition) is 2. The molecule has 2 aromatic rings. The molecule has 0 aromatic heterocycles. The highest BCUT2D eigenvalue weighted by atomic mass is 16.5. The third kappa shape index (κ3) is 5.91. The average Bonchev–Trinajstić information content (AvgIpc) is 2.60. The second-order valence-electron chi connectivity index (χ2n) is 7.74. The van der Waals surface area contributed by atoms with Crippen molar-refractivity contribution >= 4 is 5.91 Å². The number of rotatable bonds is 7. The maximum Gasteiger partial charge on any atom is 0.220 e. The second-order valence-corrected chi connectivity index (χ2v) is 7.74. The van der Waals surface area contributed by atoms with E-state index in [4.69, 9.17) is 4.74 Å². The van der Waals surface area contributed by atoms with Gasteiger partial charge >= 0.3 is 0 Å². The smallest absolute Gasteiger partial charge is 0.220 e. The van der Waals surface area contributed by atoms with Crippen LogP contribution in [0.2, 0.25) is 0 Å². The molecule has 0 aliphatic rings. The van der Waals surface area contributed by atoms with Crippen LogP contribution in [0.5, 0.6) is 5.75 Å². The number of benzene rings is 2. The van der Waals surface area contributed by atoms with Crippen molar-refractivity contribution in [2.75, 3.05) is 6.61 Å². The summed E-state index contributed by atoms with van der Waals surface area (Å²) < 4.78 is 5.45. The van der Waals surface area contributed by atoms with Gasteiger partial charge in [-0.15, -0.1) is 0 Å². The highest BCUT2D eigenvalue weighted by Crippen LogP contribution is 2.22. The number of amides is 1. The lowest BCUT2D eigenvalue weighted by Crippen LogP contribution is -2.26. The van der Waals surface area contributed by atoms with E-state index in [9.17, 15) is 4.79 Å². The van der Waals surface area contributed by atoms with Gasteiger partial charge in [-0.25, -0.2) is 0 Å². The van der Waals surface area contributed by atoms with E-state index in [0.29, 0.717) is 13.0 Å². The van der Waals surface area contributed by atoms with E-state index in [1.807, 2.05) is 38.1 Å². The van der Waals surface area contributed by atoms with Gasteiger partial charge in [-0.1, -0.05) is 57.2 Å². The molecule has 0 saturated carbocycles. The fourth-order valence-electron chi connectivity index (χ4n) is 2.85. The van der Waals surface area contributed by atoms with Gasteiger partial charge in [0.25, 0.3) is 0 Å². The zero-order chi connectivity index (χ0) is 19.2. The molecular weight excluding hydrogens is 322 g/mol. The quantitative estimate of drug-likeness (QED) is 0.743. The zero-order valence-corrected chi connectivity index (χ0v) is 16.6. The van der Waals surface area contributed by atoms with Crippen molar-refractivity contribution in [3.05, 3.63) is 65.2 Å². The minimum atomic E-state index is -0.0126. The maximum atomic E-state index is 12.3. The van der Waals surface area contributed by atoms with E-state index >= 15 is 0 Å². The molecule has 3 heteroatoms. The third-order valence-electron chi connectivity index (χ3n) is 4.53. The van der Waals surface area contributed by atoms with E-state index in [-0.39, 0.29) is 17.4 Å². The summed E-state index contributed by atoms with van der Waals surface area (Å²) in [5, 5.41) is 3.07. The van der Waals surface area contributed by atoms with Crippen LogP contribution in [0.3, 0.4) is 0 Å². The number of carbonyl (C=O) groups is 1. The summed E-state index contributed by atoms with van der Waals surface area (Å²) in [6.07, 6.45) is 1.25. The summed E-state index contributed by atoms with van der Waals surface area (Å²) in [6, 6.07) is 16.5. The number of hydrogen-bond donors (Lipinski definition) is 1. The molecule has 1 amide bonds. The van der Waals surface area contributed by atoms with Crippen molar-refractivity contribution in [1.29, 1.82) is 0 Å². The molecule has 2 aromatic carbocycles. The van der Waals surface area contributed by atoms with Crippen LogP contribution in [0.1, 0.15) is 63.8 Å². The molecule has 0 aliphatic carbocycles. The minimum absolute atomic E-state index is 0.0126. The number of ether oxygens (including phenoxy) is 1. The molecule has 26 heavy (non-hydrogen) atoms. The Labute approximate surface area is 157 Å². The molecule has 0 radical (unpaired) electrons. The first kappa shape index (κ1) is 20.0. The molecule has 2 rings (SSSR count).